The Kier molecular flexibility index (Phi) is 4.24. The molecule has 0 bridgehead atoms. The predicted octanol–water partition coefficient (Wildman–Crippen LogP) is 1.44. The van der Waals surface area contributed by atoms with Crippen LogP contribution >= 0.6 is 0 Å². The third-order valence-electron chi connectivity index (χ3n) is 2.55. The van der Waals surface area contributed by atoms with E-state index in [9.17, 15) is 0 Å². The molecule has 2 aromatic heterocycles. The zero-order valence-electron chi connectivity index (χ0n) is 10.6. The molecule has 0 atom stereocenters. The largest absolute Gasteiger partial charge is 0.366 e. The average Bonchev–Trinajstić information content (AvgIpc) is 2.47. The van der Waals surface area contributed by atoms with Crippen molar-refractivity contribution in [3.8, 4) is 6.07 Å². The van der Waals surface area contributed by atoms with E-state index in [4.69, 9.17) is 5.26 Å². The van der Waals surface area contributed by atoms with Crippen LogP contribution in [0.3, 0.4) is 0 Å². The fourth-order valence-corrected chi connectivity index (χ4v) is 1.53. The van der Waals surface area contributed by atoms with E-state index in [-0.39, 0.29) is 0 Å². The second kappa shape index (κ2) is 6.31. The molecule has 2 heterocycles. The molecule has 19 heavy (non-hydrogen) atoms. The lowest BCUT2D eigenvalue weighted by Crippen LogP contribution is -2.18. The molecule has 2 aromatic rings. The molecule has 0 aliphatic rings. The molecule has 0 fully saturated rings. The summed E-state index contributed by atoms with van der Waals surface area (Å²) in [6, 6.07) is 7.78. The number of hydrogen-bond acceptors (Lipinski definition) is 6. The van der Waals surface area contributed by atoms with Gasteiger partial charge in [-0.1, -0.05) is 6.07 Å². The monoisotopic (exact) mass is 254 g/mol. The van der Waals surface area contributed by atoms with E-state index in [1.165, 1.54) is 6.33 Å². The molecular weight excluding hydrogens is 240 g/mol. The second-order valence-corrected chi connectivity index (χ2v) is 3.99. The van der Waals surface area contributed by atoms with Crippen molar-refractivity contribution in [1.82, 2.24) is 15.0 Å². The van der Waals surface area contributed by atoms with Crippen LogP contribution in [0.25, 0.3) is 0 Å². The minimum absolute atomic E-state index is 0.291. The third kappa shape index (κ3) is 3.64. The quantitative estimate of drug-likeness (QED) is 0.813. The van der Waals surface area contributed by atoms with Gasteiger partial charge in [0.2, 0.25) is 0 Å². The van der Waals surface area contributed by atoms with E-state index >= 15 is 0 Å². The maximum absolute atomic E-state index is 8.66. The number of anilines is 2. The summed E-state index contributed by atoms with van der Waals surface area (Å²) in [4.78, 5) is 14.1. The lowest BCUT2D eigenvalue weighted by Gasteiger charge is -2.14. The van der Waals surface area contributed by atoms with E-state index in [0.29, 0.717) is 18.9 Å². The highest BCUT2D eigenvalue weighted by Gasteiger charge is 2.03. The van der Waals surface area contributed by atoms with Crippen molar-refractivity contribution in [2.45, 2.75) is 6.54 Å². The highest BCUT2D eigenvalue weighted by atomic mass is 15.2. The average molecular weight is 254 g/mol. The van der Waals surface area contributed by atoms with Gasteiger partial charge in [0.1, 0.15) is 24.5 Å². The molecule has 0 saturated heterocycles. The molecule has 0 amide bonds. The Morgan fingerprint density at radius 1 is 1.42 bits per heavy atom. The summed E-state index contributed by atoms with van der Waals surface area (Å²) in [6.07, 6.45) is 5.02. The maximum Gasteiger partial charge on any atom is 0.134 e. The summed E-state index contributed by atoms with van der Waals surface area (Å²) in [6.45, 7) is 0.936. The van der Waals surface area contributed by atoms with Crippen LogP contribution in [0.5, 0.6) is 0 Å². The first kappa shape index (κ1) is 12.8. The fourth-order valence-electron chi connectivity index (χ4n) is 1.53. The Hall–Kier alpha value is -2.68. The van der Waals surface area contributed by atoms with Gasteiger partial charge < -0.3 is 10.2 Å². The van der Waals surface area contributed by atoms with Gasteiger partial charge in [0, 0.05) is 32.1 Å². The predicted molar refractivity (Wildman–Crippen MR) is 72.5 cm³/mol. The number of nitrogens with zero attached hydrogens (tertiary/aromatic N) is 5. The van der Waals surface area contributed by atoms with Gasteiger partial charge in [-0.3, -0.25) is 4.98 Å². The summed E-state index contributed by atoms with van der Waals surface area (Å²) >= 11 is 0. The highest BCUT2D eigenvalue weighted by Crippen LogP contribution is 2.12. The molecule has 96 valence electrons. The number of nitriles is 1. The van der Waals surface area contributed by atoms with Crippen molar-refractivity contribution >= 4 is 11.6 Å². The first-order valence-corrected chi connectivity index (χ1v) is 5.82. The summed E-state index contributed by atoms with van der Waals surface area (Å²) in [7, 11) is 1.82. The first-order chi connectivity index (χ1) is 9.29. The Morgan fingerprint density at radius 3 is 3.05 bits per heavy atom. The standard InChI is InChI=1S/C13H14N6/c1-19(6-4-14)13-7-12(17-10-18-13)16-9-11-3-2-5-15-8-11/h2-3,5,7-8,10H,6,9H2,1H3,(H,16,17,18). The Morgan fingerprint density at radius 2 is 2.32 bits per heavy atom. The summed E-state index contributed by atoms with van der Waals surface area (Å²) < 4.78 is 0. The Balaban J connectivity index is 2.01. The van der Waals surface area contributed by atoms with Crippen molar-refractivity contribution in [3.05, 3.63) is 42.5 Å². The van der Waals surface area contributed by atoms with E-state index in [0.717, 1.165) is 11.4 Å². The first-order valence-electron chi connectivity index (χ1n) is 5.82. The Labute approximate surface area is 111 Å². The topological polar surface area (TPSA) is 77.7 Å². The Bertz CT molecular complexity index is 563. The molecule has 0 aliphatic carbocycles. The third-order valence-corrected chi connectivity index (χ3v) is 2.55. The number of pyridine rings is 1. The normalized spacial score (nSPS) is 9.68. The number of hydrogen-bond donors (Lipinski definition) is 1. The lowest BCUT2D eigenvalue weighted by molar-refractivity contribution is 0.974. The van der Waals surface area contributed by atoms with E-state index in [2.05, 4.69) is 26.3 Å². The van der Waals surface area contributed by atoms with Crippen LogP contribution in [-0.2, 0) is 6.54 Å². The molecule has 0 unspecified atom stereocenters. The molecule has 0 aromatic carbocycles. The lowest BCUT2D eigenvalue weighted by atomic mass is 10.3. The second-order valence-electron chi connectivity index (χ2n) is 3.99. The van der Waals surface area contributed by atoms with Crippen LogP contribution in [-0.4, -0.2) is 28.5 Å². The molecule has 6 heteroatoms. The number of aromatic nitrogens is 3. The van der Waals surface area contributed by atoms with Crippen LogP contribution in [0.15, 0.2) is 36.9 Å². The molecule has 0 aliphatic heterocycles. The SMILES string of the molecule is CN(CC#N)c1cc(NCc2cccnc2)ncn1. The highest BCUT2D eigenvalue weighted by molar-refractivity contribution is 5.48. The van der Waals surface area contributed by atoms with E-state index in [1.54, 1.807) is 17.3 Å². The van der Waals surface area contributed by atoms with Crippen LogP contribution in [0, 0.1) is 11.3 Å². The van der Waals surface area contributed by atoms with Crippen molar-refractivity contribution < 1.29 is 0 Å². The van der Waals surface area contributed by atoms with Gasteiger partial charge in [-0.15, -0.1) is 0 Å². The summed E-state index contributed by atoms with van der Waals surface area (Å²) in [5.74, 6) is 1.43. The van der Waals surface area contributed by atoms with Gasteiger partial charge in [0.05, 0.1) is 6.07 Å². The maximum atomic E-state index is 8.66. The molecule has 2 rings (SSSR count). The van der Waals surface area contributed by atoms with Crippen LogP contribution in [0.1, 0.15) is 5.56 Å². The van der Waals surface area contributed by atoms with E-state index < -0.39 is 0 Å². The van der Waals surface area contributed by atoms with Crippen molar-refractivity contribution in [3.63, 3.8) is 0 Å². The van der Waals surface area contributed by atoms with Crippen molar-refractivity contribution in [1.29, 1.82) is 5.26 Å². The van der Waals surface area contributed by atoms with Gasteiger partial charge in [0.25, 0.3) is 0 Å². The van der Waals surface area contributed by atoms with Crippen LogP contribution < -0.4 is 10.2 Å². The molecule has 0 spiro atoms. The molecule has 1 N–H and O–H groups in total. The van der Waals surface area contributed by atoms with E-state index in [1.807, 2.05) is 25.2 Å². The van der Waals surface area contributed by atoms with Gasteiger partial charge in [-0.05, 0) is 11.6 Å². The smallest absolute Gasteiger partial charge is 0.134 e. The summed E-state index contributed by atoms with van der Waals surface area (Å²) in [5, 5.41) is 11.9. The summed E-state index contributed by atoms with van der Waals surface area (Å²) in [5.41, 5.74) is 1.08. The molecular formula is C13H14N6. The van der Waals surface area contributed by atoms with Gasteiger partial charge in [-0.2, -0.15) is 5.26 Å². The molecule has 6 nitrogen and oxygen atoms in total. The minimum atomic E-state index is 0.291. The number of nitrogens with one attached hydrogen (secondary N) is 1. The van der Waals surface area contributed by atoms with Crippen molar-refractivity contribution in [2.75, 3.05) is 23.8 Å². The fraction of sp³-hybridized carbons (Fsp3) is 0.231. The van der Waals surface area contributed by atoms with Crippen LogP contribution in [0.2, 0.25) is 0 Å². The zero-order valence-corrected chi connectivity index (χ0v) is 10.6. The van der Waals surface area contributed by atoms with Gasteiger partial charge >= 0.3 is 0 Å². The van der Waals surface area contributed by atoms with Crippen LogP contribution in [0.4, 0.5) is 11.6 Å². The zero-order chi connectivity index (χ0) is 13.5. The van der Waals surface area contributed by atoms with Gasteiger partial charge in [0.15, 0.2) is 0 Å². The van der Waals surface area contributed by atoms with Crippen molar-refractivity contribution in [2.24, 2.45) is 0 Å². The van der Waals surface area contributed by atoms with Gasteiger partial charge in [-0.25, -0.2) is 9.97 Å². The molecule has 0 saturated carbocycles. The number of rotatable bonds is 5. The molecule has 0 radical (unpaired) electrons. The minimum Gasteiger partial charge on any atom is -0.366 e.